The fourth-order valence-corrected chi connectivity index (χ4v) is 2.74. The van der Waals surface area contributed by atoms with E-state index >= 15 is 0 Å². The highest BCUT2D eigenvalue weighted by Gasteiger charge is 2.26. The SMILES string of the molecule is CC(C)NC(=O)[C@H](C)N(Cc1ccccc1)C(=O)COc1ccccc1Cl. The Morgan fingerprint density at radius 1 is 1.04 bits per heavy atom. The number of nitrogens with zero attached hydrogens (tertiary/aromatic N) is 1. The third-order valence-electron chi connectivity index (χ3n) is 3.98. The second-order valence-corrected chi connectivity index (χ2v) is 6.97. The summed E-state index contributed by atoms with van der Waals surface area (Å²) in [6.07, 6.45) is 0. The predicted molar refractivity (Wildman–Crippen MR) is 107 cm³/mol. The van der Waals surface area contributed by atoms with Gasteiger partial charge in [0.05, 0.1) is 5.02 Å². The molecule has 0 aliphatic rings. The molecule has 0 aliphatic carbocycles. The summed E-state index contributed by atoms with van der Waals surface area (Å²) in [6, 6.07) is 15.9. The number of halogens is 1. The normalized spacial score (nSPS) is 11.7. The standard InChI is InChI=1S/C21H25ClN2O3/c1-15(2)23-21(26)16(3)24(13-17-9-5-4-6-10-17)20(25)14-27-19-12-8-7-11-18(19)22/h4-12,15-16H,13-14H2,1-3H3,(H,23,26)/t16-/m0/s1. The molecule has 144 valence electrons. The van der Waals surface area contributed by atoms with Crippen LogP contribution in [0.4, 0.5) is 0 Å². The van der Waals surface area contributed by atoms with Crippen LogP contribution in [0.2, 0.25) is 5.02 Å². The smallest absolute Gasteiger partial charge is 0.261 e. The molecule has 2 amide bonds. The van der Waals surface area contributed by atoms with Crippen molar-refractivity contribution in [2.24, 2.45) is 0 Å². The van der Waals surface area contributed by atoms with Crippen molar-refractivity contribution < 1.29 is 14.3 Å². The molecule has 2 aromatic carbocycles. The van der Waals surface area contributed by atoms with Crippen molar-refractivity contribution >= 4 is 23.4 Å². The molecule has 6 heteroatoms. The maximum atomic E-state index is 12.8. The summed E-state index contributed by atoms with van der Waals surface area (Å²) >= 11 is 6.07. The van der Waals surface area contributed by atoms with E-state index in [1.807, 2.05) is 44.2 Å². The fourth-order valence-electron chi connectivity index (χ4n) is 2.55. The average molecular weight is 389 g/mol. The zero-order valence-electron chi connectivity index (χ0n) is 15.8. The van der Waals surface area contributed by atoms with Gasteiger partial charge < -0.3 is 15.0 Å². The molecule has 0 aromatic heterocycles. The Kier molecular flexibility index (Phi) is 7.67. The van der Waals surface area contributed by atoms with Gasteiger partial charge in [0.2, 0.25) is 5.91 Å². The first-order chi connectivity index (χ1) is 12.9. The lowest BCUT2D eigenvalue weighted by molar-refractivity contribution is -0.142. The third-order valence-corrected chi connectivity index (χ3v) is 4.29. The van der Waals surface area contributed by atoms with Gasteiger partial charge in [0.25, 0.3) is 5.91 Å². The Morgan fingerprint density at radius 2 is 1.67 bits per heavy atom. The zero-order valence-corrected chi connectivity index (χ0v) is 16.6. The largest absolute Gasteiger partial charge is 0.482 e. The molecule has 0 bridgehead atoms. The van der Waals surface area contributed by atoms with Crippen molar-refractivity contribution in [2.45, 2.75) is 39.4 Å². The lowest BCUT2D eigenvalue weighted by Crippen LogP contribution is -2.50. The molecule has 0 saturated heterocycles. The van der Waals surface area contributed by atoms with E-state index in [4.69, 9.17) is 16.3 Å². The van der Waals surface area contributed by atoms with Gasteiger partial charge in [-0.2, -0.15) is 0 Å². The van der Waals surface area contributed by atoms with Gasteiger partial charge in [0.15, 0.2) is 6.61 Å². The molecular formula is C21H25ClN2O3. The van der Waals surface area contributed by atoms with Crippen LogP contribution in [0.15, 0.2) is 54.6 Å². The fraction of sp³-hybridized carbons (Fsp3) is 0.333. The van der Waals surface area contributed by atoms with Crippen LogP contribution in [0.3, 0.4) is 0 Å². The molecule has 0 unspecified atom stereocenters. The lowest BCUT2D eigenvalue weighted by atomic mass is 10.1. The summed E-state index contributed by atoms with van der Waals surface area (Å²) in [7, 11) is 0. The minimum atomic E-state index is -0.630. The van der Waals surface area contributed by atoms with E-state index in [0.29, 0.717) is 17.3 Å². The van der Waals surface area contributed by atoms with E-state index in [9.17, 15) is 9.59 Å². The Morgan fingerprint density at radius 3 is 2.30 bits per heavy atom. The first-order valence-electron chi connectivity index (χ1n) is 8.89. The number of benzene rings is 2. The molecule has 0 saturated carbocycles. The maximum Gasteiger partial charge on any atom is 0.261 e. The monoisotopic (exact) mass is 388 g/mol. The molecule has 0 spiro atoms. The van der Waals surface area contributed by atoms with E-state index < -0.39 is 6.04 Å². The van der Waals surface area contributed by atoms with E-state index in [2.05, 4.69) is 5.32 Å². The number of rotatable bonds is 8. The number of carbonyl (C=O) groups is 2. The summed E-state index contributed by atoms with van der Waals surface area (Å²) in [5.74, 6) is -0.0522. The van der Waals surface area contributed by atoms with Crippen molar-refractivity contribution in [1.29, 1.82) is 0 Å². The van der Waals surface area contributed by atoms with Crippen LogP contribution in [-0.4, -0.2) is 35.4 Å². The van der Waals surface area contributed by atoms with Gasteiger partial charge in [-0.05, 0) is 38.5 Å². The Labute approximate surface area is 165 Å². The molecule has 0 fully saturated rings. The number of ether oxygens (including phenoxy) is 1. The van der Waals surface area contributed by atoms with Gasteiger partial charge in [0.1, 0.15) is 11.8 Å². The molecule has 27 heavy (non-hydrogen) atoms. The highest BCUT2D eigenvalue weighted by molar-refractivity contribution is 6.32. The highest BCUT2D eigenvalue weighted by atomic mass is 35.5. The van der Waals surface area contributed by atoms with Crippen LogP contribution < -0.4 is 10.1 Å². The second kappa shape index (κ2) is 9.97. The van der Waals surface area contributed by atoms with E-state index in [1.54, 1.807) is 31.2 Å². The van der Waals surface area contributed by atoms with Crippen molar-refractivity contribution in [3.8, 4) is 5.75 Å². The summed E-state index contributed by atoms with van der Waals surface area (Å²) < 4.78 is 5.57. The highest BCUT2D eigenvalue weighted by Crippen LogP contribution is 2.23. The molecule has 2 rings (SSSR count). The summed E-state index contributed by atoms with van der Waals surface area (Å²) in [5, 5.41) is 3.29. The van der Waals surface area contributed by atoms with Gasteiger partial charge in [-0.15, -0.1) is 0 Å². The van der Waals surface area contributed by atoms with Crippen LogP contribution in [0, 0.1) is 0 Å². The second-order valence-electron chi connectivity index (χ2n) is 6.57. The number of para-hydroxylation sites is 1. The van der Waals surface area contributed by atoms with Gasteiger partial charge in [0, 0.05) is 12.6 Å². The quantitative estimate of drug-likeness (QED) is 0.750. The first kappa shape index (κ1) is 20.8. The van der Waals surface area contributed by atoms with Gasteiger partial charge in [-0.1, -0.05) is 54.1 Å². The number of carbonyl (C=O) groups excluding carboxylic acids is 2. The van der Waals surface area contributed by atoms with E-state index in [-0.39, 0.29) is 24.5 Å². The number of hydrogen-bond donors (Lipinski definition) is 1. The number of nitrogens with one attached hydrogen (secondary N) is 1. The topological polar surface area (TPSA) is 58.6 Å². The molecule has 5 nitrogen and oxygen atoms in total. The Bertz CT molecular complexity index is 765. The maximum absolute atomic E-state index is 12.8. The van der Waals surface area contributed by atoms with Crippen LogP contribution >= 0.6 is 11.6 Å². The number of hydrogen-bond acceptors (Lipinski definition) is 3. The summed E-state index contributed by atoms with van der Waals surface area (Å²) in [6.45, 7) is 5.60. The molecule has 0 radical (unpaired) electrons. The average Bonchev–Trinajstić information content (AvgIpc) is 2.65. The molecule has 2 aromatic rings. The Hall–Kier alpha value is -2.53. The van der Waals surface area contributed by atoms with Crippen molar-refractivity contribution in [2.75, 3.05) is 6.61 Å². The van der Waals surface area contributed by atoms with Crippen LogP contribution in [0.1, 0.15) is 26.3 Å². The first-order valence-corrected chi connectivity index (χ1v) is 9.27. The van der Waals surface area contributed by atoms with Crippen molar-refractivity contribution in [3.05, 3.63) is 65.2 Å². The molecule has 0 heterocycles. The van der Waals surface area contributed by atoms with Crippen LogP contribution in [-0.2, 0) is 16.1 Å². The number of amides is 2. The van der Waals surface area contributed by atoms with Crippen LogP contribution in [0.5, 0.6) is 5.75 Å². The summed E-state index contributed by atoms with van der Waals surface area (Å²) in [5.41, 5.74) is 0.938. The van der Waals surface area contributed by atoms with E-state index in [1.165, 1.54) is 4.90 Å². The van der Waals surface area contributed by atoms with Crippen molar-refractivity contribution in [3.63, 3.8) is 0 Å². The van der Waals surface area contributed by atoms with Gasteiger partial charge in [-0.3, -0.25) is 9.59 Å². The molecule has 1 N–H and O–H groups in total. The molecule has 0 aliphatic heterocycles. The molecule has 1 atom stereocenters. The molecular weight excluding hydrogens is 364 g/mol. The van der Waals surface area contributed by atoms with Crippen molar-refractivity contribution in [1.82, 2.24) is 10.2 Å². The zero-order chi connectivity index (χ0) is 19.8. The van der Waals surface area contributed by atoms with Gasteiger partial charge >= 0.3 is 0 Å². The predicted octanol–water partition coefficient (Wildman–Crippen LogP) is 3.66. The minimum Gasteiger partial charge on any atom is -0.482 e. The minimum absolute atomic E-state index is 0.00648. The summed E-state index contributed by atoms with van der Waals surface area (Å²) in [4.78, 5) is 26.8. The Balaban J connectivity index is 2.13. The van der Waals surface area contributed by atoms with Gasteiger partial charge in [-0.25, -0.2) is 0 Å². The third kappa shape index (κ3) is 6.29. The van der Waals surface area contributed by atoms with Crippen LogP contribution in [0.25, 0.3) is 0 Å². The lowest BCUT2D eigenvalue weighted by Gasteiger charge is -2.29. The van der Waals surface area contributed by atoms with E-state index in [0.717, 1.165) is 5.56 Å².